The Morgan fingerprint density at radius 2 is 1.88 bits per heavy atom. The second-order valence-corrected chi connectivity index (χ2v) is 5.84. The highest BCUT2D eigenvalue weighted by atomic mass is 32.1. The minimum Gasteiger partial charge on any atom is -0.309 e. The number of anilines is 1. The zero-order valence-corrected chi connectivity index (χ0v) is 14.1. The van der Waals surface area contributed by atoms with Gasteiger partial charge >= 0.3 is 0 Å². The van der Waals surface area contributed by atoms with Crippen LogP contribution >= 0.6 is 12.6 Å². The van der Waals surface area contributed by atoms with Crippen molar-refractivity contribution in [1.82, 2.24) is 10.2 Å². The van der Waals surface area contributed by atoms with E-state index in [1.807, 2.05) is 54.6 Å². The van der Waals surface area contributed by atoms with E-state index in [-0.39, 0.29) is 5.91 Å². The van der Waals surface area contributed by atoms with Crippen LogP contribution in [0, 0.1) is 0 Å². The predicted octanol–water partition coefficient (Wildman–Crippen LogP) is 3.93. The quantitative estimate of drug-likeness (QED) is 0.529. The second-order valence-electron chi connectivity index (χ2n) is 5.39. The van der Waals surface area contributed by atoms with Crippen molar-refractivity contribution in [3.05, 3.63) is 66.4 Å². The fourth-order valence-electron chi connectivity index (χ4n) is 2.56. The maximum Gasteiger partial charge on any atom is 0.251 e. The van der Waals surface area contributed by atoms with Gasteiger partial charge in [-0.3, -0.25) is 9.89 Å². The molecule has 5 heteroatoms. The molecule has 1 aromatic heterocycles. The van der Waals surface area contributed by atoms with Gasteiger partial charge in [-0.05, 0) is 36.4 Å². The van der Waals surface area contributed by atoms with E-state index in [1.165, 1.54) is 0 Å². The summed E-state index contributed by atoms with van der Waals surface area (Å²) in [4.78, 5) is 14.4. The molecular weight excluding hydrogens is 318 g/mol. The third-order valence-corrected chi connectivity index (χ3v) is 4.07. The molecule has 2 aromatic carbocycles. The third kappa shape index (κ3) is 3.68. The number of aromatic nitrogens is 2. The summed E-state index contributed by atoms with van der Waals surface area (Å²) in [6, 6.07) is 17.5. The third-order valence-electron chi connectivity index (χ3n) is 3.76. The van der Waals surface area contributed by atoms with Gasteiger partial charge in [0.2, 0.25) is 0 Å². The summed E-state index contributed by atoms with van der Waals surface area (Å²) in [5, 5.41) is 8.24. The molecule has 0 saturated heterocycles. The van der Waals surface area contributed by atoms with Gasteiger partial charge in [0.25, 0.3) is 5.91 Å². The Morgan fingerprint density at radius 1 is 1.12 bits per heavy atom. The van der Waals surface area contributed by atoms with E-state index in [0.29, 0.717) is 6.54 Å². The fraction of sp³-hybridized carbons (Fsp3) is 0.158. The number of carbonyl (C=O) groups is 1. The van der Waals surface area contributed by atoms with Crippen LogP contribution in [0.4, 0.5) is 5.69 Å². The number of nitrogens with zero attached hydrogens (tertiary/aromatic N) is 2. The van der Waals surface area contributed by atoms with E-state index in [2.05, 4.69) is 22.8 Å². The topological polar surface area (TPSA) is 49.0 Å². The SMILES string of the molecule is O=C(/C=C/c1n[nH]c2ccccc12)N(CCCS)c1ccccc1. The first-order valence-electron chi connectivity index (χ1n) is 7.88. The number of hydrogen-bond donors (Lipinski definition) is 2. The van der Waals surface area contributed by atoms with Crippen LogP contribution in [0.1, 0.15) is 12.1 Å². The zero-order chi connectivity index (χ0) is 16.8. The van der Waals surface area contributed by atoms with Crippen molar-refractivity contribution in [2.45, 2.75) is 6.42 Å². The number of H-pyrrole nitrogens is 1. The lowest BCUT2D eigenvalue weighted by Crippen LogP contribution is -2.30. The summed E-state index contributed by atoms with van der Waals surface area (Å²) in [6.07, 6.45) is 4.18. The minimum absolute atomic E-state index is 0.0601. The van der Waals surface area contributed by atoms with Gasteiger partial charge < -0.3 is 4.90 Å². The van der Waals surface area contributed by atoms with Crippen LogP contribution < -0.4 is 4.90 Å². The van der Waals surface area contributed by atoms with Gasteiger partial charge in [0.1, 0.15) is 0 Å². The van der Waals surface area contributed by atoms with E-state index < -0.39 is 0 Å². The van der Waals surface area contributed by atoms with Gasteiger partial charge in [-0.2, -0.15) is 17.7 Å². The predicted molar refractivity (Wildman–Crippen MR) is 102 cm³/mol. The van der Waals surface area contributed by atoms with E-state index in [0.717, 1.165) is 34.5 Å². The van der Waals surface area contributed by atoms with Crippen molar-refractivity contribution in [1.29, 1.82) is 0 Å². The average molecular weight is 337 g/mol. The van der Waals surface area contributed by atoms with E-state index in [9.17, 15) is 4.79 Å². The number of benzene rings is 2. The standard InChI is InChI=1S/C19H19N3OS/c23-19(22(13-6-14-24)15-7-2-1-3-8-15)12-11-18-16-9-4-5-10-17(16)20-21-18/h1-5,7-12,24H,6,13-14H2,(H,20,21)/b12-11+. The summed E-state index contributed by atoms with van der Waals surface area (Å²) >= 11 is 4.25. The molecule has 4 nitrogen and oxygen atoms in total. The Kier molecular flexibility index (Phi) is 5.33. The monoisotopic (exact) mass is 337 g/mol. The molecule has 3 rings (SSSR count). The van der Waals surface area contributed by atoms with E-state index >= 15 is 0 Å². The lowest BCUT2D eigenvalue weighted by Gasteiger charge is -2.21. The zero-order valence-electron chi connectivity index (χ0n) is 13.2. The highest BCUT2D eigenvalue weighted by molar-refractivity contribution is 7.80. The average Bonchev–Trinajstić information content (AvgIpc) is 3.04. The van der Waals surface area contributed by atoms with Crippen LogP contribution in [0.25, 0.3) is 17.0 Å². The molecule has 0 aliphatic heterocycles. The van der Waals surface area contributed by atoms with Crippen LogP contribution in [0.3, 0.4) is 0 Å². The maximum absolute atomic E-state index is 12.7. The molecule has 0 saturated carbocycles. The molecule has 0 aliphatic rings. The van der Waals surface area contributed by atoms with Crippen molar-refractivity contribution in [3.8, 4) is 0 Å². The number of fused-ring (bicyclic) bond motifs is 1. The molecule has 122 valence electrons. The van der Waals surface area contributed by atoms with Gasteiger partial charge in [0, 0.05) is 23.7 Å². The number of para-hydroxylation sites is 2. The first-order valence-corrected chi connectivity index (χ1v) is 8.51. The summed E-state index contributed by atoms with van der Waals surface area (Å²) < 4.78 is 0. The number of aromatic amines is 1. The first kappa shape index (κ1) is 16.3. The molecule has 1 heterocycles. The van der Waals surface area contributed by atoms with Crippen molar-refractivity contribution in [2.75, 3.05) is 17.2 Å². The Labute approximate surface area is 146 Å². The van der Waals surface area contributed by atoms with Gasteiger partial charge in [0.05, 0.1) is 11.2 Å². The van der Waals surface area contributed by atoms with Crippen molar-refractivity contribution >= 4 is 41.2 Å². The van der Waals surface area contributed by atoms with Crippen molar-refractivity contribution in [2.24, 2.45) is 0 Å². The van der Waals surface area contributed by atoms with Crippen LogP contribution in [-0.4, -0.2) is 28.4 Å². The Morgan fingerprint density at radius 3 is 2.67 bits per heavy atom. The highest BCUT2D eigenvalue weighted by Crippen LogP contribution is 2.18. The van der Waals surface area contributed by atoms with Crippen molar-refractivity contribution < 1.29 is 4.79 Å². The number of carbonyl (C=O) groups excluding carboxylic acids is 1. The molecule has 0 fully saturated rings. The first-order chi connectivity index (χ1) is 11.8. The van der Waals surface area contributed by atoms with Crippen LogP contribution in [0.2, 0.25) is 0 Å². The Bertz CT molecular complexity index is 842. The smallest absolute Gasteiger partial charge is 0.251 e. The minimum atomic E-state index is -0.0601. The molecule has 0 aliphatic carbocycles. The second kappa shape index (κ2) is 7.84. The van der Waals surface area contributed by atoms with Crippen molar-refractivity contribution in [3.63, 3.8) is 0 Å². The molecular formula is C19H19N3OS. The Balaban J connectivity index is 1.82. The molecule has 0 atom stereocenters. The van der Waals surface area contributed by atoms with E-state index in [1.54, 1.807) is 17.1 Å². The largest absolute Gasteiger partial charge is 0.309 e. The number of thiol groups is 1. The summed E-state index contributed by atoms with van der Waals surface area (Å²) in [5.41, 5.74) is 2.61. The fourth-order valence-corrected chi connectivity index (χ4v) is 2.70. The van der Waals surface area contributed by atoms with Crippen LogP contribution in [0.15, 0.2) is 60.7 Å². The molecule has 1 amide bonds. The number of amides is 1. The van der Waals surface area contributed by atoms with Crippen LogP contribution in [0.5, 0.6) is 0 Å². The summed E-state index contributed by atoms with van der Waals surface area (Å²) in [7, 11) is 0. The lowest BCUT2D eigenvalue weighted by atomic mass is 10.2. The molecule has 3 aromatic rings. The lowest BCUT2D eigenvalue weighted by molar-refractivity contribution is -0.114. The number of nitrogens with one attached hydrogen (secondary N) is 1. The van der Waals surface area contributed by atoms with Gasteiger partial charge in [0.15, 0.2) is 0 Å². The molecule has 0 bridgehead atoms. The number of rotatable bonds is 6. The van der Waals surface area contributed by atoms with Gasteiger partial charge in [-0.1, -0.05) is 36.4 Å². The molecule has 0 unspecified atom stereocenters. The normalized spacial score (nSPS) is 11.2. The summed E-state index contributed by atoms with van der Waals surface area (Å²) in [6.45, 7) is 0.637. The Hall–Kier alpha value is -2.53. The van der Waals surface area contributed by atoms with E-state index in [4.69, 9.17) is 0 Å². The molecule has 0 spiro atoms. The van der Waals surface area contributed by atoms with Gasteiger partial charge in [-0.15, -0.1) is 0 Å². The van der Waals surface area contributed by atoms with Crippen LogP contribution in [-0.2, 0) is 4.79 Å². The van der Waals surface area contributed by atoms with Gasteiger partial charge in [-0.25, -0.2) is 0 Å². The maximum atomic E-state index is 12.7. The summed E-state index contributed by atoms with van der Waals surface area (Å²) in [5.74, 6) is 0.680. The molecule has 0 radical (unpaired) electrons. The molecule has 1 N–H and O–H groups in total. The molecule has 24 heavy (non-hydrogen) atoms. The number of hydrogen-bond acceptors (Lipinski definition) is 3. The highest BCUT2D eigenvalue weighted by Gasteiger charge is 2.12.